The molecule has 0 aromatic carbocycles. The fourth-order valence-electron chi connectivity index (χ4n) is 4.88. The first kappa shape index (κ1) is 22.2. The van der Waals surface area contributed by atoms with Gasteiger partial charge in [-0.2, -0.15) is 0 Å². The van der Waals surface area contributed by atoms with Gasteiger partial charge in [-0.1, -0.05) is 32.1 Å². The van der Waals surface area contributed by atoms with Gasteiger partial charge in [-0.3, -0.25) is 4.98 Å². The highest BCUT2D eigenvalue weighted by Crippen LogP contribution is 2.31. The highest BCUT2D eigenvalue weighted by atomic mass is 16.6. The van der Waals surface area contributed by atoms with Crippen molar-refractivity contribution in [1.82, 2.24) is 9.88 Å². The summed E-state index contributed by atoms with van der Waals surface area (Å²) in [5.41, 5.74) is 1.23. The number of hydrogen-bond donors (Lipinski definition) is 2. The summed E-state index contributed by atoms with van der Waals surface area (Å²) in [4.78, 5) is 29.4. The molecule has 166 valence electrons. The van der Waals surface area contributed by atoms with Gasteiger partial charge in [0.2, 0.25) is 0 Å². The van der Waals surface area contributed by atoms with E-state index in [9.17, 15) is 4.79 Å². The second kappa shape index (κ2) is 11.0. The highest BCUT2D eigenvalue weighted by Gasteiger charge is 2.37. The summed E-state index contributed by atoms with van der Waals surface area (Å²) in [5.74, 6) is 0.861. The molecule has 4 rings (SSSR count). The molecule has 1 amide bonds. The molecule has 2 saturated heterocycles. The first-order valence-electron chi connectivity index (χ1n) is 11.1. The van der Waals surface area contributed by atoms with Gasteiger partial charge in [0.1, 0.15) is 6.10 Å². The molecule has 0 radical (unpaired) electrons. The predicted molar refractivity (Wildman–Crippen MR) is 113 cm³/mol. The van der Waals surface area contributed by atoms with Crippen molar-refractivity contribution in [2.75, 3.05) is 24.5 Å². The van der Waals surface area contributed by atoms with Crippen LogP contribution in [-0.2, 0) is 4.74 Å². The smallest absolute Gasteiger partial charge is 0.450 e. The van der Waals surface area contributed by atoms with E-state index in [1.54, 1.807) is 0 Å². The number of rotatable bonds is 5. The Hall–Kier alpha value is -2.51. The van der Waals surface area contributed by atoms with Crippen LogP contribution in [-0.4, -0.2) is 64.1 Å². The summed E-state index contributed by atoms with van der Waals surface area (Å²) in [7, 11) is 0. The van der Waals surface area contributed by atoms with Gasteiger partial charge in [0, 0.05) is 37.2 Å². The van der Waals surface area contributed by atoms with Crippen LogP contribution in [0.4, 0.5) is 15.3 Å². The summed E-state index contributed by atoms with van der Waals surface area (Å²) in [6.07, 6.45) is 13.1. The fourth-order valence-corrected chi connectivity index (χ4v) is 4.88. The molecule has 1 unspecified atom stereocenters. The number of carbonyl (C=O) groups is 2. The van der Waals surface area contributed by atoms with E-state index in [1.807, 2.05) is 17.3 Å². The Morgan fingerprint density at radius 2 is 1.67 bits per heavy atom. The Balaban J connectivity index is 0.000000589. The van der Waals surface area contributed by atoms with Gasteiger partial charge in [-0.15, -0.1) is 0 Å². The molecule has 8 heteroatoms. The summed E-state index contributed by atoms with van der Waals surface area (Å²) in [6, 6.07) is 4.46. The van der Waals surface area contributed by atoms with Gasteiger partial charge in [0.25, 0.3) is 0 Å². The molecule has 8 nitrogen and oxygen atoms in total. The molecule has 3 heterocycles. The third kappa shape index (κ3) is 6.50. The van der Waals surface area contributed by atoms with Gasteiger partial charge in [-0.25, -0.2) is 9.59 Å². The van der Waals surface area contributed by atoms with Gasteiger partial charge in [0.05, 0.1) is 6.54 Å². The summed E-state index contributed by atoms with van der Waals surface area (Å²) < 4.78 is 5.69. The Labute approximate surface area is 177 Å². The molecule has 1 aliphatic carbocycles. The number of carbonyl (C=O) groups excluding carboxylic acids is 1. The number of amides is 1. The van der Waals surface area contributed by atoms with Gasteiger partial charge >= 0.3 is 12.2 Å². The summed E-state index contributed by atoms with van der Waals surface area (Å²) in [5, 5.41) is 13.9. The number of anilines is 1. The van der Waals surface area contributed by atoms with E-state index in [0.717, 1.165) is 44.8 Å². The zero-order valence-corrected chi connectivity index (χ0v) is 17.5. The molecule has 0 spiro atoms. The van der Waals surface area contributed by atoms with E-state index in [0.29, 0.717) is 6.04 Å². The molecule has 2 aliphatic heterocycles. The van der Waals surface area contributed by atoms with Crippen molar-refractivity contribution in [3.05, 3.63) is 24.5 Å². The van der Waals surface area contributed by atoms with E-state index in [2.05, 4.69) is 22.0 Å². The number of pyridine rings is 1. The number of nitrogens with zero attached hydrogens (tertiary/aromatic N) is 3. The zero-order chi connectivity index (χ0) is 21.3. The van der Waals surface area contributed by atoms with Crippen LogP contribution >= 0.6 is 0 Å². The summed E-state index contributed by atoms with van der Waals surface area (Å²) >= 11 is 0. The average Bonchev–Trinajstić information content (AvgIpc) is 3.14. The van der Waals surface area contributed by atoms with Crippen LogP contribution < -0.4 is 4.90 Å². The van der Waals surface area contributed by atoms with Crippen molar-refractivity contribution in [2.24, 2.45) is 5.92 Å². The molecule has 3 fully saturated rings. The number of aromatic nitrogens is 1. The first-order chi connectivity index (χ1) is 14.5. The Bertz CT molecular complexity index is 669. The predicted octanol–water partition coefficient (Wildman–Crippen LogP) is 4.45. The van der Waals surface area contributed by atoms with Crippen molar-refractivity contribution in [3.8, 4) is 0 Å². The molecule has 1 saturated carbocycles. The lowest BCUT2D eigenvalue weighted by molar-refractivity contribution is 0.118. The Kier molecular flexibility index (Phi) is 8.16. The monoisotopic (exact) mass is 419 g/mol. The lowest BCUT2D eigenvalue weighted by Gasteiger charge is -2.36. The van der Waals surface area contributed by atoms with Crippen LogP contribution in [0.5, 0.6) is 0 Å². The lowest BCUT2D eigenvalue weighted by Crippen LogP contribution is -2.45. The van der Waals surface area contributed by atoms with Crippen LogP contribution in [0.25, 0.3) is 0 Å². The molecule has 3 aliphatic rings. The lowest BCUT2D eigenvalue weighted by atomic mass is 9.85. The van der Waals surface area contributed by atoms with E-state index in [-0.39, 0.29) is 12.2 Å². The minimum atomic E-state index is -1.83. The number of hydrogen-bond acceptors (Lipinski definition) is 5. The number of ether oxygens (including phenoxy) is 1. The average molecular weight is 420 g/mol. The second-order valence-electron chi connectivity index (χ2n) is 8.45. The molecule has 2 N–H and O–H groups in total. The number of carboxylic acid groups (broad SMARTS) is 2. The zero-order valence-electron chi connectivity index (χ0n) is 17.5. The quantitative estimate of drug-likeness (QED) is 0.726. The van der Waals surface area contributed by atoms with Crippen molar-refractivity contribution >= 4 is 17.9 Å². The van der Waals surface area contributed by atoms with E-state index >= 15 is 0 Å². The fraction of sp³-hybridized carbons (Fsp3) is 0.682. The van der Waals surface area contributed by atoms with Crippen LogP contribution in [0.15, 0.2) is 24.5 Å². The van der Waals surface area contributed by atoms with Crippen LogP contribution in [0.1, 0.15) is 57.8 Å². The first-order valence-corrected chi connectivity index (χ1v) is 11.1. The molecule has 0 bridgehead atoms. The largest absolute Gasteiger partial charge is 0.503 e. The normalized spacial score (nSPS) is 22.9. The Morgan fingerprint density at radius 3 is 2.30 bits per heavy atom. The maximum Gasteiger partial charge on any atom is 0.503 e. The molecule has 1 atom stereocenters. The molecule has 1 aromatic rings. The maximum absolute atomic E-state index is 12.4. The third-order valence-corrected chi connectivity index (χ3v) is 6.46. The minimum Gasteiger partial charge on any atom is -0.450 e. The van der Waals surface area contributed by atoms with Gasteiger partial charge in [0.15, 0.2) is 0 Å². The standard InChI is InChI=1S/C21H31N3O2.CH2O3/c25-21-24(16-20(26-21)7-6-17-4-2-1-3-5-17)19-10-14-23(15-11-19)18-8-12-22-13-9-18;2-1(3)4/h8-9,12-13,17,19-20H,1-7,10-11,14-16H2;(H2,2,3,4). The minimum absolute atomic E-state index is 0.0824. The van der Waals surface area contributed by atoms with E-state index in [1.165, 1.54) is 44.2 Å². The number of cyclic esters (lactones) is 1. The van der Waals surface area contributed by atoms with Gasteiger partial charge < -0.3 is 24.7 Å². The van der Waals surface area contributed by atoms with Crippen LogP contribution in [0, 0.1) is 5.92 Å². The second-order valence-corrected chi connectivity index (χ2v) is 8.45. The number of piperidine rings is 1. The maximum atomic E-state index is 12.4. The van der Waals surface area contributed by atoms with Crippen molar-refractivity contribution < 1.29 is 24.5 Å². The molecule has 1 aromatic heterocycles. The van der Waals surface area contributed by atoms with Gasteiger partial charge in [-0.05, 0) is 43.7 Å². The van der Waals surface area contributed by atoms with Crippen LogP contribution in [0.3, 0.4) is 0 Å². The third-order valence-electron chi connectivity index (χ3n) is 6.46. The molecular weight excluding hydrogens is 386 g/mol. The highest BCUT2D eigenvalue weighted by molar-refractivity contribution is 5.70. The SMILES string of the molecule is O=C(O)O.O=C1OC(CCC2CCCCC2)CN1C1CCN(c2ccncc2)CC1. The van der Waals surface area contributed by atoms with Crippen LogP contribution in [0.2, 0.25) is 0 Å². The van der Waals surface area contributed by atoms with Crippen molar-refractivity contribution in [1.29, 1.82) is 0 Å². The topological polar surface area (TPSA) is 103 Å². The Morgan fingerprint density at radius 1 is 1.03 bits per heavy atom. The summed E-state index contributed by atoms with van der Waals surface area (Å²) in [6.45, 7) is 2.78. The van der Waals surface area contributed by atoms with E-state index < -0.39 is 6.16 Å². The van der Waals surface area contributed by atoms with Crippen molar-refractivity contribution in [3.63, 3.8) is 0 Å². The molecule has 30 heavy (non-hydrogen) atoms. The molecular formula is C22H33N3O5. The van der Waals surface area contributed by atoms with E-state index in [4.69, 9.17) is 19.7 Å². The van der Waals surface area contributed by atoms with Crippen molar-refractivity contribution in [2.45, 2.75) is 69.9 Å².